The fourth-order valence-corrected chi connectivity index (χ4v) is 0. The van der Waals surface area contributed by atoms with E-state index in [1.165, 1.54) is 0 Å². The molecule has 0 bridgehead atoms. The SMILES string of the molecule is [Cl-].[Cl-].[Cl-].[Cl-].[V+4]. The van der Waals surface area contributed by atoms with E-state index in [4.69, 9.17) is 0 Å². The topological polar surface area (TPSA) is 0 Å². The van der Waals surface area contributed by atoms with Crippen molar-refractivity contribution < 1.29 is 68.2 Å². The van der Waals surface area contributed by atoms with E-state index in [9.17, 15) is 0 Å². The summed E-state index contributed by atoms with van der Waals surface area (Å²) in [6, 6.07) is 0. The molecular formula is Cl4V. The molecule has 0 aliphatic heterocycles. The Morgan fingerprint density at radius 2 is 0.400 bits per heavy atom. The van der Waals surface area contributed by atoms with E-state index >= 15 is 0 Å². The van der Waals surface area contributed by atoms with Crippen LogP contribution in [0, 0.1) is 0 Å². The van der Waals surface area contributed by atoms with Crippen LogP contribution in [-0.2, 0) is 18.6 Å². The van der Waals surface area contributed by atoms with Crippen LogP contribution < -0.4 is 49.6 Å². The Hall–Kier alpha value is 1.74. The smallest absolute Gasteiger partial charge is 1.00 e. The van der Waals surface area contributed by atoms with Crippen LogP contribution in [0.2, 0.25) is 0 Å². The van der Waals surface area contributed by atoms with Gasteiger partial charge in [0, 0.05) is 0 Å². The molecule has 0 aromatic carbocycles. The minimum Gasteiger partial charge on any atom is -1.00 e. The standard InChI is InChI=1S/4ClH.V/h4*1H;/q;;;;+4/p-4. The Labute approximate surface area is 68.0 Å². The van der Waals surface area contributed by atoms with Gasteiger partial charge in [-0.25, -0.2) is 0 Å². The molecule has 5 heavy (non-hydrogen) atoms. The minimum atomic E-state index is 0. The van der Waals surface area contributed by atoms with E-state index in [0.29, 0.717) is 0 Å². The summed E-state index contributed by atoms with van der Waals surface area (Å²) in [5.74, 6) is 0. The number of rotatable bonds is 0. The third-order valence-electron chi connectivity index (χ3n) is 0. The van der Waals surface area contributed by atoms with Crippen molar-refractivity contribution in [3.8, 4) is 0 Å². The summed E-state index contributed by atoms with van der Waals surface area (Å²) < 4.78 is 0. The second-order valence-corrected chi connectivity index (χ2v) is 0. The predicted molar refractivity (Wildman–Crippen MR) is 0 cm³/mol. The van der Waals surface area contributed by atoms with Crippen LogP contribution in [0.5, 0.6) is 0 Å². The zero-order valence-corrected chi connectivity index (χ0v) is 6.38. The van der Waals surface area contributed by atoms with Gasteiger partial charge in [-0.2, -0.15) is 0 Å². The maximum atomic E-state index is 0. The molecule has 0 heterocycles. The van der Waals surface area contributed by atoms with Gasteiger partial charge in [0.25, 0.3) is 0 Å². The Bertz CT molecular complexity index is 3.61. The third-order valence-corrected chi connectivity index (χ3v) is 0. The molecule has 0 unspecified atom stereocenters. The first-order valence-electron chi connectivity index (χ1n) is 0. The van der Waals surface area contributed by atoms with Crippen molar-refractivity contribution in [3.63, 3.8) is 0 Å². The van der Waals surface area contributed by atoms with E-state index in [-0.39, 0.29) is 68.2 Å². The Morgan fingerprint density at radius 3 is 0.400 bits per heavy atom. The van der Waals surface area contributed by atoms with Crippen LogP contribution >= 0.6 is 0 Å². The minimum absolute atomic E-state index is 0. The molecule has 0 aromatic heterocycles. The van der Waals surface area contributed by atoms with E-state index < -0.39 is 0 Å². The maximum Gasteiger partial charge on any atom is 4.00 e. The quantitative estimate of drug-likeness (QED) is 0.358. The molecule has 0 fully saturated rings. The van der Waals surface area contributed by atoms with Gasteiger partial charge in [-0.15, -0.1) is 0 Å². The van der Waals surface area contributed by atoms with Crippen LogP contribution in [0.1, 0.15) is 0 Å². The molecule has 5 heteroatoms. The van der Waals surface area contributed by atoms with Crippen molar-refractivity contribution in [1.29, 1.82) is 0 Å². The zero-order valence-electron chi connectivity index (χ0n) is 1.96. The molecule has 0 atom stereocenters. The van der Waals surface area contributed by atoms with Crippen LogP contribution in [0.25, 0.3) is 0 Å². The fourth-order valence-electron chi connectivity index (χ4n) is 0. The average molecular weight is 193 g/mol. The molecule has 0 rings (SSSR count). The molecule has 33 valence electrons. The van der Waals surface area contributed by atoms with Gasteiger partial charge in [0.2, 0.25) is 0 Å². The number of hydrogen-bond donors (Lipinski definition) is 0. The van der Waals surface area contributed by atoms with Gasteiger partial charge in [0.15, 0.2) is 0 Å². The van der Waals surface area contributed by atoms with Crippen LogP contribution in [0.15, 0.2) is 0 Å². The Balaban J connectivity index is 0. The molecule has 1 radical (unpaired) electrons. The average Bonchev–Trinajstić information content (AvgIpc) is 0. The van der Waals surface area contributed by atoms with Crippen molar-refractivity contribution in [2.24, 2.45) is 0 Å². The van der Waals surface area contributed by atoms with Crippen molar-refractivity contribution in [1.82, 2.24) is 0 Å². The molecule has 0 saturated heterocycles. The molecule has 0 aliphatic carbocycles. The first kappa shape index (κ1) is 73.1. The first-order chi connectivity index (χ1) is 0. The molecular weight excluding hydrogens is 193 g/mol. The zero-order chi connectivity index (χ0) is 0. The van der Waals surface area contributed by atoms with Gasteiger partial charge in [-0.1, -0.05) is 0 Å². The fraction of sp³-hybridized carbons (Fsp3) is 0. The van der Waals surface area contributed by atoms with E-state index in [2.05, 4.69) is 0 Å². The predicted octanol–water partition coefficient (Wildman–Crippen LogP) is -12.0. The number of hydrogen-bond acceptors (Lipinski definition) is 0. The summed E-state index contributed by atoms with van der Waals surface area (Å²) in [7, 11) is 0. The summed E-state index contributed by atoms with van der Waals surface area (Å²) in [5.41, 5.74) is 0. The van der Waals surface area contributed by atoms with Gasteiger partial charge in [0.05, 0.1) is 0 Å². The molecule has 0 spiro atoms. The summed E-state index contributed by atoms with van der Waals surface area (Å²) >= 11 is 0. The van der Waals surface area contributed by atoms with Gasteiger partial charge in [0.1, 0.15) is 0 Å². The van der Waals surface area contributed by atoms with Crippen LogP contribution in [-0.4, -0.2) is 0 Å². The largest absolute Gasteiger partial charge is 4.00 e. The first-order valence-corrected chi connectivity index (χ1v) is 0. The summed E-state index contributed by atoms with van der Waals surface area (Å²) in [5, 5.41) is 0. The molecule has 0 saturated carbocycles. The van der Waals surface area contributed by atoms with Gasteiger partial charge >= 0.3 is 18.6 Å². The van der Waals surface area contributed by atoms with Crippen LogP contribution in [0.3, 0.4) is 0 Å². The Morgan fingerprint density at radius 1 is 0.400 bits per heavy atom. The molecule has 0 aliphatic rings. The van der Waals surface area contributed by atoms with Crippen LogP contribution in [0.4, 0.5) is 0 Å². The summed E-state index contributed by atoms with van der Waals surface area (Å²) in [6.07, 6.45) is 0. The number of halogens is 4. The second-order valence-electron chi connectivity index (χ2n) is 0. The summed E-state index contributed by atoms with van der Waals surface area (Å²) in [6.45, 7) is 0. The van der Waals surface area contributed by atoms with Gasteiger partial charge in [-0.05, 0) is 0 Å². The van der Waals surface area contributed by atoms with E-state index in [1.54, 1.807) is 0 Å². The van der Waals surface area contributed by atoms with Crippen molar-refractivity contribution in [3.05, 3.63) is 0 Å². The molecule has 0 amide bonds. The monoisotopic (exact) mass is 191 g/mol. The molecule has 0 N–H and O–H groups in total. The van der Waals surface area contributed by atoms with Crippen molar-refractivity contribution in [2.45, 2.75) is 0 Å². The van der Waals surface area contributed by atoms with Crippen molar-refractivity contribution >= 4 is 0 Å². The third kappa shape index (κ3) is 26.5. The van der Waals surface area contributed by atoms with E-state index in [0.717, 1.165) is 0 Å². The Kier molecular flexibility index (Phi) is 622. The van der Waals surface area contributed by atoms with Gasteiger partial charge < -0.3 is 49.6 Å². The molecule has 0 nitrogen and oxygen atoms in total. The second kappa shape index (κ2) is 42.5. The maximum absolute atomic E-state index is 0. The van der Waals surface area contributed by atoms with E-state index in [1.807, 2.05) is 0 Å². The van der Waals surface area contributed by atoms with Gasteiger partial charge in [-0.3, -0.25) is 0 Å². The van der Waals surface area contributed by atoms with Crippen molar-refractivity contribution in [2.75, 3.05) is 0 Å². The normalized spacial score (nSPS) is 0. The summed E-state index contributed by atoms with van der Waals surface area (Å²) in [4.78, 5) is 0. The molecule has 0 aromatic rings.